The van der Waals surface area contributed by atoms with Crippen LogP contribution in [-0.2, 0) is 24.2 Å². The molecule has 1 atom stereocenters. The zero-order valence-electron chi connectivity index (χ0n) is 15.0. The maximum atomic E-state index is 11.5. The Morgan fingerprint density at radius 3 is 2.92 bits per heavy atom. The third-order valence-corrected chi connectivity index (χ3v) is 5.45. The highest BCUT2D eigenvalue weighted by Crippen LogP contribution is 2.34. The van der Waals surface area contributed by atoms with Crippen LogP contribution in [0.4, 0.5) is 0 Å². The number of hydrogen-bond donors (Lipinski definition) is 1. The van der Waals surface area contributed by atoms with Gasteiger partial charge in [0.05, 0.1) is 13.0 Å². The zero-order chi connectivity index (χ0) is 18.3. The normalized spacial score (nSPS) is 16.5. The molecule has 0 saturated heterocycles. The Morgan fingerprint density at radius 1 is 1.38 bits per heavy atom. The average molecular weight is 350 g/mol. The van der Waals surface area contributed by atoms with Crippen LogP contribution in [0.3, 0.4) is 0 Å². The second-order valence-corrected chi connectivity index (χ2v) is 6.96. The number of carboxylic acids is 1. The Morgan fingerprint density at radius 2 is 2.19 bits per heavy atom. The number of aryl methyl sites for hydroxylation is 1. The molecule has 3 heterocycles. The number of nitrogens with zero attached hydrogens (tertiary/aromatic N) is 2. The fraction of sp³-hybridized carbons (Fsp3) is 0.333. The Bertz CT molecular complexity index is 990. The lowest BCUT2D eigenvalue weighted by atomic mass is 9.94. The van der Waals surface area contributed by atoms with Crippen LogP contribution in [0.15, 0.2) is 36.5 Å². The summed E-state index contributed by atoms with van der Waals surface area (Å²) in [5, 5.41) is 10.6. The lowest BCUT2D eigenvalue weighted by molar-refractivity contribution is -0.142. The topological polar surface area (TPSA) is 64.3 Å². The van der Waals surface area contributed by atoms with Gasteiger partial charge in [-0.3, -0.25) is 4.79 Å². The van der Waals surface area contributed by atoms with Gasteiger partial charge in [0, 0.05) is 41.8 Å². The summed E-state index contributed by atoms with van der Waals surface area (Å²) in [6.45, 7) is 2.62. The fourth-order valence-corrected chi connectivity index (χ4v) is 3.99. The molecule has 1 N–H and O–H groups in total. The van der Waals surface area contributed by atoms with E-state index in [9.17, 15) is 9.90 Å². The van der Waals surface area contributed by atoms with E-state index in [1.807, 2.05) is 24.4 Å². The Kier molecular flexibility index (Phi) is 4.15. The van der Waals surface area contributed by atoms with Crippen LogP contribution in [0.5, 0.6) is 5.88 Å². The molecule has 5 nitrogen and oxygen atoms in total. The van der Waals surface area contributed by atoms with Gasteiger partial charge in [-0.1, -0.05) is 18.2 Å². The van der Waals surface area contributed by atoms with Crippen molar-refractivity contribution in [1.29, 1.82) is 0 Å². The van der Waals surface area contributed by atoms with Crippen molar-refractivity contribution in [3.05, 3.63) is 58.9 Å². The van der Waals surface area contributed by atoms with Gasteiger partial charge in [0.25, 0.3) is 0 Å². The molecule has 0 aliphatic carbocycles. The van der Waals surface area contributed by atoms with Crippen molar-refractivity contribution in [2.75, 3.05) is 7.11 Å². The summed E-state index contributed by atoms with van der Waals surface area (Å²) >= 11 is 0. The van der Waals surface area contributed by atoms with Gasteiger partial charge >= 0.3 is 5.97 Å². The quantitative estimate of drug-likeness (QED) is 0.781. The van der Waals surface area contributed by atoms with Crippen LogP contribution in [0.25, 0.3) is 10.9 Å². The molecule has 3 aromatic rings. The van der Waals surface area contributed by atoms with Crippen molar-refractivity contribution in [3.63, 3.8) is 0 Å². The molecule has 1 aliphatic heterocycles. The minimum absolute atomic E-state index is 0.310. The molecule has 1 unspecified atom stereocenters. The van der Waals surface area contributed by atoms with Crippen molar-refractivity contribution in [2.24, 2.45) is 5.92 Å². The van der Waals surface area contributed by atoms with E-state index < -0.39 is 5.97 Å². The Balaban J connectivity index is 1.80. The van der Waals surface area contributed by atoms with Crippen LogP contribution < -0.4 is 4.74 Å². The maximum absolute atomic E-state index is 11.5. The number of hydrogen-bond acceptors (Lipinski definition) is 3. The van der Waals surface area contributed by atoms with E-state index in [1.165, 1.54) is 22.2 Å². The van der Waals surface area contributed by atoms with Crippen molar-refractivity contribution < 1.29 is 14.6 Å². The molecule has 26 heavy (non-hydrogen) atoms. The summed E-state index contributed by atoms with van der Waals surface area (Å²) in [4.78, 5) is 15.8. The molecule has 4 rings (SSSR count). The predicted octanol–water partition coefficient (Wildman–Crippen LogP) is 3.59. The number of methoxy groups -OCH3 is 1. The predicted molar refractivity (Wildman–Crippen MR) is 99.7 cm³/mol. The SMILES string of the molecule is COc1cc(C)c(Cc2c3n(c4ccccc24)CC(C(=O)O)CC3)cn1. The second kappa shape index (κ2) is 6.48. The molecule has 1 aromatic carbocycles. The van der Waals surface area contributed by atoms with Gasteiger partial charge in [0.1, 0.15) is 0 Å². The van der Waals surface area contributed by atoms with Gasteiger partial charge in [-0.25, -0.2) is 4.98 Å². The van der Waals surface area contributed by atoms with E-state index in [0.29, 0.717) is 18.8 Å². The van der Waals surface area contributed by atoms with Crippen molar-refractivity contribution in [2.45, 2.75) is 32.7 Å². The van der Waals surface area contributed by atoms with Gasteiger partial charge in [-0.15, -0.1) is 0 Å². The van der Waals surface area contributed by atoms with E-state index >= 15 is 0 Å². The first-order valence-corrected chi connectivity index (χ1v) is 8.89. The first-order chi connectivity index (χ1) is 12.6. The maximum Gasteiger partial charge on any atom is 0.308 e. The van der Waals surface area contributed by atoms with Crippen molar-refractivity contribution >= 4 is 16.9 Å². The molecule has 1 aliphatic rings. The zero-order valence-corrected chi connectivity index (χ0v) is 15.0. The van der Waals surface area contributed by atoms with Crippen molar-refractivity contribution in [1.82, 2.24) is 9.55 Å². The number of carboxylic acid groups (broad SMARTS) is 1. The van der Waals surface area contributed by atoms with E-state index in [2.05, 4.69) is 28.6 Å². The number of benzene rings is 1. The third kappa shape index (κ3) is 2.73. The highest BCUT2D eigenvalue weighted by Gasteiger charge is 2.28. The summed E-state index contributed by atoms with van der Waals surface area (Å²) in [5.74, 6) is -0.389. The lowest BCUT2D eigenvalue weighted by Crippen LogP contribution is -2.26. The molecule has 0 radical (unpaired) electrons. The third-order valence-electron chi connectivity index (χ3n) is 5.45. The first kappa shape index (κ1) is 16.6. The van der Waals surface area contributed by atoms with Gasteiger partial charge in [0.2, 0.25) is 5.88 Å². The van der Waals surface area contributed by atoms with Gasteiger partial charge in [-0.2, -0.15) is 0 Å². The minimum Gasteiger partial charge on any atom is -0.481 e. The van der Waals surface area contributed by atoms with Gasteiger partial charge in [0.15, 0.2) is 0 Å². The monoisotopic (exact) mass is 350 g/mol. The summed E-state index contributed by atoms with van der Waals surface area (Å²) in [5.41, 5.74) is 6.01. The molecule has 0 saturated carbocycles. The van der Waals surface area contributed by atoms with Crippen LogP contribution in [-0.4, -0.2) is 27.7 Å². The summed E-state index contributed by atoms with van der Waals surface area (Å²) in [6, 6.07) is 10.2. The van der Waals surface area contributed by atoms with Crippen LogP contribution in [0.1, 0.15) is 28.8 Å². The number of para-hydroxylation sites is 1. The van der Waals surface area contributed by atoms with Crippen LogP contribution >= 0.6 is 0 Å². The molecule has 0 amide bonds. The largest absolute Gasteiger partial charge is 0.481 e. The molecule has 0 spiro atoms. The molecule has 134 valence electrons. The number of ether oxygens (including phenoxy) is 1. The molecule has 2 aromatic heterocycles. The molecule has 0 fully saturated rings. The number of carbonyl (C=O) groups is 1. The highest BCUT2D eigenvalue weighted by molar-refractivity contribution is 5.86. The summed E-state index contributed by atoms with van der Waals surface area (Å²) in [7, 11) is 1.62. The Hall–Kier alpha value is -2.82. The lowest BCUT2D eigenvalue weighted by Gasteiger charge is -2.23. The van der Waals surface area contributed by atoms with E-state index in [0.717, 1.165) is 23.9 Å². The van der Waals surface area contributed by atoms with E-state index in [-0.39, 0.29) is 5.92 Å². The van der Waals surface area contributed by atoms with Crippen LogP contribution in [0, 0.1) is 12.8 Å². The Labute approximate surface area is 152 Å². The minimum atomic E-state index is -0.704. The number of aliphatic carboxylic acids is 1. The number of pyridine rings is 1. The molecule has 5 heteroatoms. The fourth-order valence-electron chi connectivity index (χ4n) is 3.99. The van der Waals surface area contributed by atoms with E-state index in [4.69, 9.17) is 4.74 Å². The molecular weight excluding hydrogens is 328 g/mol. The number of rotatable bonds is 4. The second-order valence-electron chi connectivity index (χ2n) is 6.96. The summed E-state index contributed by atoms with van der Waals surface area (Å²) in [6.07, 6.45) is 4.17. The molecule has 0 bridgehead atoms. The molecular formula is C21H22N2O3. The number of aromatic nitrogens is 2. The average Bonchev–Trinajstić information content (AvgIpc) is 2.96. The standard InChI is InChI=1S/C21H22N2O3/c1-13-9-20(26-2)22-11-15(13)10-17-16-5-3-4-6-18(16)23-12-14(21(24)25)7-8-19(17)23/h3-6,9,11,14H,7-8,10,12H2,1-2H3,(H,24,25). The van der Waals surface area contributed by atoms with Gasteiger partial charge in [-0.05, 0) is 42.5 Å². The van der Waals surface area contributed by atoms with Crippen molar-refractivity contribution in [3.8, 4) is 5.88 Å². The smallest absolute Gasteiger partial charge is 0.308 e. The van der Waals surface area contributed by atoms with Gasteiger partial charge < -0.3 is 14.4 Å². The number of fused-ring (bicyclic) bond motifs is 3. The summed E-state index contributed by atoms with van der Waals surface area (Å²) < 4.78 is 7.42. The van der Waals surface area contributed by atoms with Crippen LogP contribution in [0.2, 0.25) is 0 Å². The highest BCUT2D eigenvalue weighted by atomic mass is 16.5. The first-order valence-electron chi connectivity index (χ1n) is 8.89. The van der Waals surface area contributed by atoms with E-state index in [1.54, 1.807) is 7.11 Å².